The molecule has 1 saturated carbocycles. The van der Waals surface area contributed by atoms with E-state index in [-0.39, 0.29) is 11.8 Å². The Morgan fingerprint density at radius 2 is 1.88 bits per heavy atom. The highest BCUT2D eigenvalue weighted by molar-refractivity contribution is 7.87. The Morgan fingerprint density at radius 1 is 1.29 bits per heavy atom. The summed E-state index contributed by atoms with van der Waals surface area (Å²) in [5.74, 6) is -0.340. The summed E-state index contributed by atoms with van der Waals surface area (Å²) >= 11 is 0. The van der Waals surface area contributed by atoms with Gasteiger partial charge in [-0.1, -0.05) is 6.42 Å². The second-order valence-corrected chi connectivity index (χ2v) is 6.55. The number of rotatable bonds is 3. The molecule has 0 radical (unpaired) electrons. The average Bonchev–Trinajstić information content (AvgIpc) is 2.26. The minimum Gasteiger partial charge on any atom is -0.314 e. The molecule has 1 aliphatic carbocycles. The predicted molar refractivity (Wildman–Crippen MR) is 63.5 cm³/mol. The van der Waals surface area contributed by atoms with Gasteiger partial charge in [0.2, 0.25) is 5.91 Å². The third-order valence-corrected chi connectivity index (χ3v) is 5.40. The maximum absolute atomic E-state index is 12.2. The molecule has 98 valence electrons. The van der Waals surface area contributed by atoms with Crippen LogP contribution in [-0.2, 0) is 15.0 Å². The first kappa shape index (κ1) is 12.8. The van der Waals surface area contributed by atoms with Crippen molar-refractivity contribution >= 4 is 16.1 Å². The van der Waals surface area contributed by atoms with Crippen LogP contribution in [0, 0.1) is 5.92 Å². The highest BCUT2D eigenvalue weighted by Gasteiger charge is 2.36. The van der Waals surface area contributed by atoms with Crippen LogP contribution in [0.4, 0.5) is 0 Å². The lowest BCUT2D eigenvalue weighted by atomic mass is 9.85. The van der Waals surface area contributed by atoms with Crippen molar-refractivity contribution < 1.29 is 13.2 Å². The third kappa shape index (κ3) is 2.46. The Kier molecular flexibility index (Phi) is 3.70. The monoisotopic (exact) mass is 261 g/mol. The van der Waals surface area contributed by atoms with E-state index in [9.17, 15) is 13.2 Å². The van der Waals surface area contributed by atoms with Crippen LogP contribution in [0.15, 0.2) is 0 Å². The number of carbonyl (C=O) groups is 1. The van der Waals surface area contributed by atoms with Crippen LogP contribution in [0.3, 0.4) is 0 Å². The van der Waals surface area contributed by atoms with Gasteiger partial charge in [0.25, 0.3) is 0 Å². The van der Waals surface area contributed by atoms with Crippen LogP contribution in [0.5, 0.6) is 0 Å². The summed E-state index contributed by atoms with van der Waals surface area (Å²) in [6.45, 7) is 2.16. The fourth-order valence-electron chi connectivity index (χ4n) is 2.07. The largest absolute Gasteiger partial charge is 0.314 e. The lowest BCUT2D eigenvalue weighted by Crippen LogP contribution is -2.53. The van der Waals surface area contributed by atoms with Gasteiger partial charge < -0.3 is 5.32 Å². The van der Waals surface area contributed by atoms with Gasteiger partial charge in [-0.3, -0.25) is 4.79 Å². The molecular formula is C10H19N3O3S. The van der Waals surface area contributed by atoms with E-state index < -0.39 is 10.2 Å². The zero-order valence-corrected chi connectivity index (χ0v) is 10.9. The first-order valence-electron chi connectivity index (χ1n) is 6.02. The summed E-state index contributed by atoms with van der Waals surface area (Å²) in [6.07, 6.45) is 2.67. The van der Waals surface area contributed by atoms with Gasteiger partial charge >= 0.3 is 10.2 Å². The Labute approximate surface area is 102 Å². The Bertz CT molecular complexity index is 386. The summed E-state index contributed by atoms with van der Waals surface area (Å²) in [5, 5.41) is 3.09. The number of piperazine rings is 1. The molecule has 0 atom stereocenters. The van der Waals surface area contributed by atoms with Crippen molar-refractivity contribution in [1.29, 1.82) is 0 Å². The molecule has 2 rings (SSSR count). The van der Waals surface area contributed by atoms with Crippen LogP contribution >= 0.6 is 0 Å². The van der Waals surface area contributed by atoms with Gasteiger partial charge in [-0.05, 0) is 12.8 Å². The summed E-state index contributed by atoms with van der Waals surface area (Å²) < 4.78 is 26.7. The van der Waals surface area contributed by atoms with Crippen molar-refractivity contribution in [3.05, 3.63) is 0 Å². The van der Waals surface area contributed by atoms with Gasteiger partial charge in [0, 0.05) is 39.1 Å². The molecule has 2 aliphatic rings. The Hall–Kier alpha value is -0.660. The molecule has 2 fully saturated rings. The summed E-state index contributed by atoms with van der Waals surface area (Å²) in [5.41, 5.74) is 0. The quantitative estimate of drug-likeness (QED) is 0.736. The summed E-state index contributed by atoms with van der Waals surface area (Å²) in [7, 11) is -2.23. The third-order valence-electron chi connectivity index (χ3n) is 3.51. The molecule has 17 heavy (non-hydrogen) atoms. The number of nitrogens with zero attached hydrogens (tertiary/aromatic N) is 2. The van der Waals surface area contributed by atoms with E-state index in [1.807, 2.05) is 0 Å². The van der Waals surface area contributed by atoms with Crippen molar-refractivity contribution in [2.75, 3.05) is 33.2 Å². The second-order valence-electron chi connectivity index (χ2n) is 4.59. The molecule has 1 N–H and O–H groups in total. The van der Waals surface area contributed by atoms with E-state index in [2.05, 4.69) is 5.32 Å². The Balaban J connectivity index is 2.05. The fourth-order valence-corrected chi connectivity index (χ4v) is 3.44. The standard InChI is InChI=1S/C10H19N3O3S/c1-12(10(14)9-3-2-4-9)17(15,16)13-7-5-11-6-8-13/h9,11H,2-8H2,1H3. The van der Waals surface area contributed by atoms with E-state index in [1.165, 1.54) is 11.4 Å². The highest BCUT2D eigenvalue weighted by Crippen LogP contribution is 2.29. The molecule has 1 amide bonds. The number of amides is 1. The lowest BCUT2D eigenvalue weighted by molar-refractivity contribution is -0.132. The predicted octanol–water partition coefficient (Wildman–Crippen LogP) is -0.605. The van der Waals surface area contributed by atoms with Gasteiger partial charge in [-0.15, -0.1) is 0 Å². The zero-order valence-electron chi connectivity index (χ0n) is 10.1. The summed E-state index contributed by atoms with van der Waals surface area (Å²) in [6, 6.07) is 0. The Morgan fingerprint density at radius 3 is 2.35 bits per heavy atom. The average molecular weight is 261 g/mol. The van der Waals surface area contributed by atoms with E-state index in [1.54, 1.807) is 0 Å². The molecule has 0 aromatic rings. The zero-order chi connectivity index (χ0) is 12.5. The van der Waals surface area contributed by atoms with Crippen molar-refractivity contribution in [2.24, 2.45) is 5.92 Å². The minimum atomic E-state index is -3.61. The number of hydrogen-bond acceptors (Lipinski definition) is 4. The van der Waals surface area contributed by atoms with E-state index in [0.717, 1.165) is 23.6 Å². The lowest BCUT2D eigenvalue weighted by Gasteiger charge is -2.33. The van der Waals surface area contributed by atoms with Crippen LogP contribution in [0.2, 0.25) is 0 Å². The SMILES string of the molecule is CN(C(=O)C1CCC1)S(=O)(=O)N1CCNCC1. The molecule has 7 heteroatoms. The van der Waals surface area contributed by atoms with Crippen LogP contribution < -0.4 is 5.32 Å². The number of nitrogens with one attached hydrogen (secondary N) is 1. The molecule has 1 saturated heterocycles. The first-order chi connectivity index (χ1) is 8.03. The number of carbonyl (C=O) groups excluding carboxylic acids is 1. The van der Waals surface area contributed by atoms with Gasteiger partial charge in [0.1, 0.15) is 0 Å². The molecule has 0 aromatic carbocycles. The van der Waals surface area contributed by atoms with Crippen molar-refractivity contribution in [3.8, 4) is 0 Å². The second kappa shape index (κ2) is 4.91. The van der Waals surface area contributed by atoms with Gasteiger partial charge in [-0.25, -0.2) is 4.31 Å². The van der Waals surface area contributed by atoms with Gasteiger partial charge in [-0.2, -0.15) is 12.7 Å². The molecule has 1 heterocycles. The topological polar surface area (TPSA) is 69.7 Å². The van der Waals surface area contributed by atoms with Crippen molar-refractivity contribution in [1.82, 2.24) is 13.9 Å². The van der Waals surface area contributed by atoms with E-state index in [4.69, 9.17) is 0 Å². The molecule has 0 spiro atoms. The van der Waals surface area contributed by atoms with Gasteiger partial charge in [0.15, 0.2) is 0 Å². The van der Waals surface area contributed by atoms with Gasteiger partial charge in [0.05, 0.1) is 0 Å². The molecule has 0 unspecified atom stereocenters. The molecular weight excluding hydrogens is 242 g/mol. The smallest absolute Gasteiger partial charge is 0.306 e. The first-order valence-corrected chi connectivity index (χ1v) is 7.42. The van der Waals surface area contributed by atoms with Crippen LogP contribution in [0.1, 0.15) is 19.3 Å². The molecule has 1 aliphatic heterocycles. The fraction of sp³-hybridized carbons (Fsp3) is 0.900. The minimum absolute atomic E-state index is 0.0855. The van der Waals surface area contributed by atoms with Crippen molar-refractivity contribution in [2.45, 2.75) is 19.3 Å². The van der Waals surface area contributed by atoms with Crippen LogP contribution in [0.25, 0.3) is 0 Å². The van der Waals surface area contributed by atoms with Crippen LogP contribution in [-0.4, -0.2) is 56.2 Å². The molecule has 0 bridgehead atoms. The van der Waals surface area contributed by atoms with E-state index >= 15 is 0 Å². The molecule has 0 aromatic heterocycles. The maximum atomic E-state index is 12.2. The normalized spacial score (nSPS) is 23.1. The van der Waals surface area contributed by atoms with E-state index in [0.29, 0.717) is 26.2 Å². The van der Waals surface area contributed by atoms with Crippen molar-refractivity contribution in [3.63, 3.8) is 0 Å². The molecule has 6 nitrogen and oxygen atoms in total. The number of hydrogen-bond donors (Lipinski definition) is 1. The summed E-state index contributed by atoms with van der Waals surface area (Å²) in [4.78, 5) is 11.9. The maximum Gasteiger partial charge on any atom is 0.306 e. The highest BCUT2D eigenvalue weighted by atomic mass is 32.2.